The summed E-state index contributed by atoms with van der Waals surface area (Å²) in [5, 5.41) is 3.53. The van der Waals surface area contributed by atoms with E-state index in [0.717, 1.165) is 11.6 Å². The van der Waals surface area contributed by atoms with Gasteiger partial charge < -0.3 is 4.74 Å². The van der Waals surface area contributed by atoms with E-state index < -0.39 is 0 Å². The van der Waals surface area contributed by atoms with Crippen LogP contribution < -0.4 is 9.64 Å². The number of allylic oxidation sites excluding steroid dienone is 1. The van der Waals surface area contributed by atoms with Crippen molar-refractivity contribution < 1.29 is 4.74 Å². The third-order valence-corrected chi connectivity index (χ3v) is 4.49. The predicted octanol–water partition coefficient (Wildman–Crippen LogP) is 3.14. The van der Waals surface area contributed by atoms with E-state index in [9.17, 15) is 0 Å². The van der Waals surface area contributed by atoms with Crippen LogP contribution in [0.2, 0.25) is 0 Å². The molecule has 0 N–H and O–H groups in total. The zero-order valence-electron chi connectivity index (χ0n) is 7.86. The fourth-order valence-electron chi connectivity index (χ4n) is 2.76. The Morgan fingerprint density at radius 3 is 3.40 bits per heavy atom. The Kier molecular flexibility index (Phi) is 0.913. The molecule has 0 saturated heterocycles. The standard InChI is InChI=1S/C12H7NOS/c1-2-6-7-4-8(7)12-13-10(5-15-12)14-9(3-1)11(6)13/h1-3,5,7H,4H2. The lowest BCUT2D eigenvalue weighted by atomic mass is 10.0. The molecule has 0 radical (unpaired) electrons. The van der Waals surface area contributed by atoms with Crippen LogP contribution in [-0.2, 0) is 0 Å². The molecule has 3 heterocycles. The van der Waals surface area contributed by atoms with Crippen LogP contribution in [0.1, 0.15) is 17.9 Å². The van der Waals surface area contributed by atoms with Crippen molar-refractivity contribution in [3.05, 3.63) is 45.7 Å². The summed E-state index contributed by atoms with van der Waals surface area (Å²) in [6.45, 7) is 0. The Balaban J connectivity index is 1.96. The number of rotatable bonds is 0. The van der Waals surface area contributed by atoms with E-state index in [0.29, 0.717) is 5.92 Å². The highest BCUT2D eigenvalue weighted by Gasteiger charge is 2.49. The average Bonchev–Trinajstić information content (AvgIpc) is 2.81. The van der Waals surface area contributed by atoms with Gasteiger partial charge in [0.15, 0.2) is 5.75 Å². The highest BCUT2D eigenvalue weighted by molar-refractivity contribution is 8.06. The minimum atomic E-state index is 0.688. The van der Waals surface area contributed by atoms with Gasteiger partial charge in [-0.25, -0.2) is 0 Å². The summed E-state index contributed by atoms with van der Waals surface area (Å²) in [5.74, 6) is 2.71. The molecular weight excluding hydrogens is 206 g/mol. The van der Waals surface area contributed by atoms with Crippen LogP contribution in [0.3, 0.4) is 0 Å². The molecule has 0 aromatic heterocycles. The number of fused-ring (bicyclic) bond motifs is 2. The average molecular weight is 213 g/mol. The van der Waals surface area contributed by atoms with Crippen LogP contribution in [0.4, 0.5) is 5.69 Å². The molecule has 0 amide bonds. The summed E-state index contributed by atoms with van der Waals surface area (Å²) >= 11 is 1.81. The zero-order chi connectivity index (χ0) is 9.57. The van der Waals surface area contributed by atoms with Gasteiger partial charge in [-0.2, -0.15) is 0 Å². The van der Waals surface area contributed by atoms with E-state index in [-0.39, 0.29) is 0 Å². The maximum atomic E-state index is 5.82. The molecule has 1 aromatic rings. The van der Waals surface area contributed by atoms with Gasteiger partial charge in [-0.05, 0) is 23.6 Å². The van der Waals surface area contributed by atoms with Crippen molar-refractivity contribution in [3.8, 4) is 5.75 Å². The summed E-state index contributed by atoms with van der Waals surface area (Å²) in [7, 11) is 0. The van der Waals surface area contributed by atoms with Crippen molar-refractivity contribution in [3.63, 3.8) is 0 Å². The largest absolute Gasteiger partial charge is 0.438 e. The van der Waals surface area contributed by atoms with E-state index in [4.69, 9.17) is 4.74 Å². The van der Waals surface area contributed by atoms with E-state index >= 15 is 0 Å². The smallest absolute Gasteiger partial charge is 0.212 e. The molecule has 5 rings (SSSR count). The topological polar surface area (TPSA) is 12.5 Å². The Morgan fingerprint density at radius 2 is 2.40 bits per heavy atom. The number of hydrogen-bond donors (Lipinski definition) is 0. The lowest BCUT2D eigenvalue weighted by Gasteiger charge is -2.20. The number of ether oxygens (including phenoxy) is 1. The van der Waals surface area contributed by atoms with Gasteiger partial charge in [0.25, 0.3) is 0 Å². The molecule has 72 valence electrons. The summed E-state index contributed by atoms with van der Waals surface area (Å²) in [4.78, 5) is 2.29. The quantitative estimate of drug-likeness (QED) is 0.657. The summed E-state index contributed by atoms with van der Waals surface area (Å²) in [6.07, 6.45) is 1.25. The number of anilines is 1. The molecule has 1 atom stereocenters. The summed E-state index contributed by atoms with van der Waals surface area (Å²) < 4.78 is 5.82. The van der Waals surface area contributed by atoms with Crippen molar-refractivity contribution in [2.45, 2.75) is 12.3 Å². The summed E-state index contributed by atoms with van der Waals surface area (Å²) in [6, 6.07) is 6.40. The number of hydrogen-bond acceptors (Lipinski definition) is 3. The highest BCUT2D eigenvalue weighted by Crippen LogP contribution is 2.65. The number of thioether (sulfide) groups is 1. The van der Waals surface area contributed by atoms with Crippen molar-refractivity contribution in [1.29, 1.82) is 0 Å². The van der Waals surface area contributed by atoms with E-state index in [1.54, 1.807) is 5.57 Å². The fourth-order valence-corrected chi connectivity index (χ4v) is 3.79. The van der Waals surface area contributed by atoms with Gasteiger partial charge in [-0.15, -0.1) is 0 Å². The van der Waals surface area contributed by atoms with E-state index in [1.165, 1.54) is 22.7 Å². The van der Waals surface area contributed by atoms with Gasteiger partial charge in [0.05, 0.1) is 10.7 Å². The van der Waals surface area contributed by atoms with Gasteiger partial charge in [0.2, 0.25) is 5.88 Å². The van der Waals surface area contributed by atoms with Crippen LogP contribution >= 0.6 is 11.8 Å². The normalized spacial score (nSPS) is 27.3. The van der Waals surface area contributed by atoms with Gasteiger partial charge in [0, 0.05) is 11.3 Å². The Bertz CT molecular complexity index is 587. The Labute approximate surface area is 91.2 Å². The lowest BCUT2D eigenvalue weighted by Crippen LogP contribution is -2.16. The molecule has 4 aliphatic rings. The van der Waals surface area contributed by atoms with Crippen molar-refractivity contribution in [2.75, 3.05) is 4.90 Å². The molecule has 1 saturated carbocycles. The second kappa shape index (κ2) is 1.95. The minimum Gasteiger partial charge on any atom is -0.438 e. The molecule has 2 nitrogen and oxygen atoms in total. The van der Waals surface area contributed by atoms with Crippen molar-refractivity contribution in [1.82, 2.24) is 0 Å². The van der Waals surface area contributed by atoms with Gasteiger partial charge in [0.1, 0.15) is 0 Å². The molecule has 3 aliphatic heterocycles. The van der Waals surface area contributed by atoms with Gasteiger partial charge in [-0.3, -0.25) is 4.90 Å². The SMILES string of the molecule is C1=C2Oc3cccc4c3N2C(=C2CC24)S1. The minimum absolute atomic E-state index is 0.688. The molecular formula is C12H7NOS. The molecule has 1 fully saturated rings. The zero-order valence-corrected chi connectivity index (χ0v) is 8.67. The molecule has 0 spiro atoms. The number of benzene rings is 1. The Hall–Kier alpha value is -1.35. The van der Waals surface area contributed by atoms with Crippen LogP contribution in [0.5, 0.6) is 5.75 Å². The molecule has 1 unspecified atom stereocenters. The van der Waals surface area contributed by atoms with Crippen molar-refractivity contribution >= 4 is 17.4 Å². The van der Waals surface area contributed by atoms with Crippen LogP contribution in [0.25, 0.3) is 0 Å². The molecule has 15 heavy (non-hydrogen) atoms. The molecule has 0 bridgehead atoms. The highest BCUT2D eigenvalue weighted by atomic mass is 32.2. The van der Waals surface area contributed by atoms with E-state index in [2.05, 4.69) is 28.5 Å². The third-order valence-electron chi connectivity index (χ3n) is 3.50. The van der Waals surface area contributed by atoms with Crippen LogP contribution in [0.15, 0.2) is 40.1 Å². The maximum Gasteiger partial charge on any atom is 0.212 e. The van der Waals surface area contributed by atoms with Crippen molar-refractivity contribution in [2.24, 2.45) is 0 Å². The third kappa shape index (κ3) is 0.632. The molecule has 1 aromatic carbocycles. The lowest BCUT2D eigenvalue weighted by molar-refractivity contribution is 0.449. The van der Waals surface area contributed by atoms with Gasteiger partial charge >= 0.3 is 0 Å². The number of para-hydroxylation sites is 1. The maximum absolute atomic E-state index is 5.82. The number of nitrogens with zero attached hydrogens (tertiary/aromatic N) is 1. The molecule has 3 heteroatoms. The fraction of sp³-hybridized carbons (Fsp3) is 0.167. The molecule has 1 aliphatic carbocycles. The van der Waals surface area contributed by atoms with Crippen LogP contribution in [-0.4, -0.2) is 0 Å². The monoisotopic (exact) mass is 213 g/mol. The van der Waals surface area contributed by atoms with Gasteiger partial charge in [-0.1, -0.05) is 23.9 Å². The predicted molar refractivity (Wildman–Crippen MR) is 59.6 cm³/mol. The first-order valence-corrected chi connectivity index (χ1v) is 6.02. The van der Waals surface area contributed by atoms with E-state index in [1.807, 2.05) is 11.8 Å². The second-order valence-electron chi connectivity index (χ2n) is 4.29. The first kappa shape index (κ1) is 7.01. The first-order valence-electron chi connectivity index (χ1n) is 5.14. The Morgan fingerprint density at radius 1 is 1.40 bits per heavy atom. The summed E-state index contributed by atoms with van der Waals surface area (Å²) in [5.41, 5.74) is 4.36. The second-order valence-corrected chi connectivity index (χ2v) is 5.15. The van der Waals surface area contributed by atoms with Crippen LogP contribution in [0, 0.1) is 0 Å². The first-order chi connectivity index (χ1) is 7.43.